The Bertz CT molecular complexity index is 963. The van der Waals surface area contributed by atoms with Gasteiger partial charge >= 0.3 is 12.2 Å². The van der Waals surface area contributed by atoms with Gasteiger partial charge in [0.1, 0.15) is 17.8 Å². The predicted molar refractivity (Wildman–Crippen MR) is 157 cm³/mol. The minimum atomic E-state index is -0.670. The van der Waals surface area contributed by atoms with Gasteiger partial charge in [0.05, 0.1) is 19.3 Å². The fourth-order valence-electron chi connectivity index (χ4n) is 5.16. The van der Waals surface area contributed by atoms with E-state index in [-0.39, 0.29) is 25.0 Å². The number of benzene rings is 1. The molecule has 236 valence electrons. The van der Waals surface area contributed by atoms with Gasteiger partial charge in [-0.1, -0.05) is 30.3 Å². The van der Waals surface area contributed by atoms with E-state index < -0.39 is 36.1 Å². The molecule has 1 aromatic carbocycles. The summed E-state index contributed by atoms with van der Waals surface area (Å²) >= 11 is 0. The van der Waals surface area contributed by atoms with Crippen molar-refractivity contribution in [1.29, 1.82) is 0 Å². The van der Waals surface area contributed by atoms with Crippen molar-refractivity contribution in [1.82, 2.24) is 16.0 Å². The molecule has 1 aliphatic heterocycles. The SMILES string of the molecule is CC(C)(C)OC(=O)NCC1CCC(C(=O)NCCCCOC(=O)NCC2OCC[C@@H](O)C2OCc2ccccc2)CC1. The molecule has 0 spiro atoms. The number of nitrogens with one attached hydrogen (secondary N) is 3. The number of hydrogen-bond donors (Lipinski definition) is 4. The van der Waals surface area contributed by atoms with Crippen LogP contribution < -0.4 is 16.0 Å². The maximum absolute atomic E-state index is 12.5. The Hall–Kier alpha value is -2.89. The minimum absolute atomic E-state index is 0.00849. The van der Waals surface area contributed by atoms with Crippen molar-refractivity contribution in [2.24, 2.45) is 11.8 Å². The zero-order valence-electron chi connectivity index (χ0n) is 25.3. The van der Waals surface area contributed by atoms with Crippen LogP contribution in [0.4, 0.5) is 9.59 Å². The zero-order chi connectivity index (χ0) is 30.4. The first-order valence-corrected chi connectivity index (χ1v) is 15.2. The molecule has 11 heteroatoms. The summed E-state index contributed by atoms with van der Waals surface area (Å²) in [7, 11) is 0. The number of rotatable bonds is 13. The Morgan fingerprint density at radius 1 is 0.929 bits per heavy atom. The summed E-state index contributed by atoms with van der Waals surface area (Å²) in [5, 5.41) is 18.9. The molecule has 1 saturated carbocycles. The quantitative estimate of drug-likeness (QED) is 0.254. The van der Waals surface area contributed by atoms with Crippen LogP contribution >= 0.6 is 0 Å². The van der Waals surface area contributed by atoms with Gasteiger partial charge in [-0.3, -0.25) is 4.79 Å². The number of aliphatic hydroxyl groups is 1. The molecule has 0 bridgehead atoms. The van der Waals surface area contributed by atoms with Crippen LogP contribution in [-0.4, -0.2) is 80.0 Å². The highest BCUT2D eigenvalue weighted by Gasteiger charge is 2.34. The molecule has 1 heterocycles. The second kappa shape index (κ2) is 17.3. The third-order valence-corrected chi connectivity index (χ3v) is 7.48. The molecule has 1 aliphatic carbocycles. The van der Waals surface area contributed by atoms with Crippen LogP contribution in [0.15, 0.2) is 30.3 Å². The van der Waals surface area contributed by atoms with Gasteiger partial charge in [0.2, 0.25) is 5.91 Å². The van der Waals surface area contributed by atoms with E-state index in [1.165, 1.54) is 0 Å². The van der Waals surface area contributed by atoms with Crippen LogP contribution in [0, 0.1) is 11.8 Å². The van der Waals surface area contributed by atoms with E-state index >= 15 is 0 Å². The molecule has 2 fully saturated rings. The van der Waals surface area contributed by atoms with Crippen LogP contribution in [0.5, 0.6) is 0 Å². The van der Waals surface area contributed by atoms with Crippen molar-refractivity contribution in [2.45, 2.75) is 96.2 Å². The van der Waals surface area contributed by atoms with Crippen LogP contribution in [-0.2, 0) is 30.3 Å². The molecule has 3 rings (SSSR count). The van der Waals surface area contributed by atoms with Crippen LogP contribution in [0.3, 0.4) is 0 Å². The van der Waals surface area contributed by atoms with E-state index in [2.05, 4.69) is 16.0 Å². The molecule has 1 saturated heterocycles. The maximum Gasteiger partial charge on any atom is 0.407 e. The van der Waals surface area contributed by atoms with E-state index in [1.54, 1.807) is 0 Å². The van der Waals surface area contributed by atoms with E-state index in [9.17, 15) is 19.5 Å². The van der Waals surface area contributed by atoms with Crippen LogP contribution in [0.1, 0.15) is 71.3 Å². The molecule has 1 aromatic rings. The molecule has 11 nitrogen and oxygen atoms in total. The number of alkyl carbamates (subject to hydrolysis) is 2. The number of hydrogen-bond acceptors (Lipinski definition) is 8. The molecule has 2 aliphatic rings. The van der Waals surface area contributed by atoms with Crippen molar-refractivity contribution in [3.05, 3.63) is 35.9 Å². The maximum atomic E-state index is 12.5. The second-order valence-corrected chi connectivity index (χ2v) is 12.1. The number of carbonyl (C=O) groups excluding carboxylic acids is 3. The van der Waals surface area contributed by atoms with Crippen LogP contribution in [0.2, 0.25) is 0 Å². The van der Waals surface area contributed by atoms with Crippen LogP contribution in [0.25, 0.3) is 0 Å². The Morgan fingerprint density at radius 2 is 1.64 bits per heavy atom. The largest absolute Gasteiger partial charge is 0.450 e. The van der Waals surface area contributed by atoms with E-state index in [0.717, 1.165) is 31.2 Å². The Morgan fingerprint density at radius 3 is 2.36 bits per heavy atom. The lowest BCUT2D eigenvalue weighted by Gasteiger charge is -2.35. The molecule has 4 N–H and O–H groups in total. The lowest BCUT2D eigenvalue weighted by atomic mass is 9.81. The number of unbranched alkanes of at least 4 members (excludes halogenated alkanes) is 1. The molecule has 42 heavy (non-hydrogen) atoms. The Kier molecular flexibility index (Phi) is 13.8. The highest BCUT2D eigenvalue weighted by Crippen LogP contribution is 2.28. The molecule has 3 amide bonds. The third kappa shape index (κ3) is 12.5. The molecule has 0 aromatic heterocycles. The van der Waals surface area contributed by atoms with Gasteiger partial charge in [-0.2, -0.15) is 0 Å². The summed E-state index contributed by atoms with van der Waals surface area (Å²) in [6.07, 6.45) is 2.53. The molecule has 0 radical (unpaired) electrons. The van der Waals surface area contributed by atoms with Crippen molar-refractivity contribution < 1.29 is 38.4 Å². The normalized spacial score (nSPS) is 24.3. The lowest BCUT2D eigenvalue weighted by Crippen LogP contribution is -2.51. The average Bonchev–Trinajstić information content (AvgIpc) is 2.96. The molecule has 2 unspecified atom stereocenters. The summed E-state index contributed by atoms with van der Waals surface area (Å²) < 4.78 is 22.2. The van der Waals surface area contributed by atoms with Crippen molar-refractivity contribution >= 4 is 18.1 Å². The van der Waals surface area contributed by atoms with Gasteiger partial charge in [-0.25, -0.2) is 9.59 Å². The summed E-state index contributed by atoms with van der Waals surface area (Å²) in [6, 6.07) is 9.69. The summed E-state index contributed by atoms with van der Waals surface area (Å²) in [5.41, 5.74) is 0.478. The molecular weight excluding hydrogens is 542 g/mol. The fraction of sp³-hybridized carbons (Fsp3) is 0.710. The highest BCUT2D eigenvalue weighted by molar-refractivity contribution is 5.78. The van der Waals surface area contributed by atoms with Gasteiger partial charge in [-0.15, -0.1) is 0 Å². The first kappa shape index (κ1) is 33.6. The van der Waals surface area contributed by atoms with Gasteiger partial charge in [0.25, 0.3) is 0 Å². The van der Waals surface area contributed by atoms with Gasteiger partial charge < -0.3 is 40.0 Å². The topological polar surface area (TPSA) is 144 Å². The van der Waals surface area contributed by atoms with Gasteiger partial charge in [0, 0.05) is 32.2 Å². The van der Waals surface area contributed by atoms with Gasteiger partial charge in [0.15, 0.2) is 0 Å². The number of aliphatic hydroxyl groups excluding tert-OH is 1. The van der Waals surface area contributed by atoms with E-state index in [0.29, 0.717) is 51.5 Å². The lowest BCUT2D eigenvalue weighted by molar-refractivity contribution is -0.162. The summed E-state index contributed by atoms with van der Waals surface area (Å²) in [6.45, 7) is 7.74. The standard InChI is InChI=1S/C31H49N3O8/c1-31(2,3)42-30(38)33-19-22-11-13-24(14-12-22)28(36)32-16-7-8-17-40-29(37)34-20-26-27(25(35)15-18-39-26)41-21-23-9-5-4-6-10-23/h4-6,9-10,22,24-27,35H,7-8,11-21H2,1-3H3,(H,32,36)(H,33,38)(H,34,37)/t22?,24?,25-,26?,27?/m1/s1. The first-order valence-electron chi connectivity index (χ1n) is 15.2. The van der Waals surface area contributed by atoms with E-state index in [1.807, 2.05) is 51.1 Å². The van der Waals surface area contributed by atoms with Crippen molar-refractivity contribution in [2.75, 3.05) is 32.8 Å². The highest BCUT2D eigenvalue weighted by atomic mass is 16.6. The Balaban J connectivity index is 1.22. The average molecular weight is 592 g/mol. The first-order chi connectivity index (χ1) is 20.1. The smallest absolute Gasteiger partial charge is 0.407 e. The minimum Gasteiger partial charge on any atom is -0.450 e. The van der Waals surface area contributed by atoms with Crippen molar-refractivity contribution in [3.8, 4) is 0 Å². The zero-order valence-corrected chi connectivity index (χ0v) is 25.3. The predicted octanol–water partition coefficient (Wildman–Crippen LogP) is 3.68. The van der Waals surface area contributed by atoms with Gasteiger partial charge in [-0.05, 0) is 77.2 Å². The summed E-state index contributed by atoms with van der Waals surface area (Å²) in [5.74, 6) is 0.407. The third-order valence-electron chi connectivity index (χ3n) is 7.48. The molecule has 3 atom stereocenters. The second-order valence-electron chi connectivity index (χ2n) is 12.1. The molecular formula is C31H49N3O8. The number of amides is 3. The van der Waals surface area contributed by atoms with Crippen molar-refractivity contribution in [3.63, 3.8) is 0 Å². The number of carbonyl (C=O) groups is 3. The van der Waals surface area contributed by atoms with E-state index in [4.69, 9.17) is 18.9 Å². The number of ether oxygens (including phenoxy) is 4. The summed E-state index contributed by atoms with van der Waals surface area (Å²) in [4.78, 5) is 36.6. The Labute approximate surface area is 249 Å². The fourth-order valence-corrected chi connectivity index (χ4v) is 5.16. The monoisotopic (exact) mass is 591 g/mol.